The third kappa shape index (κ3) is 9.52. The molecule has 1 aromatic heterocycles. The number of nitrogens with zero attached hydrogens (tertiary/aromatic N) is 4. The van der Waals surface area contributed by atoms with Gasteiger partial charge in [0.1, 0.15) is 11.2 Å². The number of carbonyl (C=O) groups is 1. The van der Waals surface area contributed by atoms with Gasteiger partial charge in [0.25, 0.3) is 5.91 Å². The normalized spacial score (nSPS) is 13.0. The molecule has 182 valence electrons. The zero-order chi connectivity index (χ0) is 25.0. The second-order valence-corrected chi connectivity index (χ2v) is 8.25. The number of para-hydroxylation sites is 1. The average Bonchev–Trinajstić information content (AvgIpc) is 2.81. The minimum absolute atomic E-state index is 0.115. The Morgan fingerprint density at radius 1 is 1.29 bits per heavy atom. The van der Waals surface area contributed by atoms with Crippen LogP contribution in [0, 0.1) is 5.41 Å². The van der Waals surface area contributed by atoms with Crippen LogP contribution in [-0.4, -0.2) is 63.2 Å². The summed E-state index contributed by atoms with van der Waals surface area (Å²) >= 11 is 6.87. The number of hydrogen-bond donors (Lipinski definition) is 1. The number of thioether (sulfide) groups is 1. The first kappa shape index (κ1) is 27.3. The first-order valence-electron chi connectivity index (χ1n) is 10.1. The second-order valence-electron chi connectivity index (χ2n) is 6.73. The Labute approximate surface area is 204 Å². The van der Waals surface area contributed by atoms with Crippen LogP contribution in [0.3, 0.4) is 0 Å². The lowest BCUT2D eigenvalue weighted by atomic mass is 10.2. The minimum atomic E-state index is -4.30. The molecule has 2 rings (SSSR count). The number of nitrogens with one attached hydrogen (secondary N) is 1. The van der Waals surface area contributed by atoms with Gasteiger partial charge in [-0.3, -0.25) is 20.2 Å². The summed E-state index contributed by atoms with van der Waals surface area (Å²) < 4.78 is 37.5. The highest BCUT2D eigenvalue weighted by molar-refractivity contribution is 8.00. The Morgan fingerprint density at radius 3 is 2.62 bits per heavy atom. The summed E-state index contributed by atoms with van der Waals surface area (Å²) in [4.78, 5) is 28.0. The van der Waals surface area contributed by atoms with Crippen LogP contribution in [-0.2, 0) is 4.79 Å². The van der Waals surface area contributed by atoms with Gasteiger partial charge in [0.2, 0.25) is 0 Å². The molecule has 1 aromatic carbocycles. The molecule has 0 aliphatic carbocycles. The highest BCUT2D eigenvalue weighted by Gasteiger charge is 2.29. The number of pyridine rings is 1. The fraction of sp³-hybridized carbons (Fsp3) is 0.318. The third-order valence-corrected chi connectivity index (χ3v) is 5.42. The van der Waals surface area contributed by atoms with Gasteiger partial charge >= 0.3 is 6.18 Å². The minimum Gasteiger partial charge on any atom is -0.357 e. The number of oxime groups is 1. The summed E-state index contributed by atoms with van der Waals surface area (Å²) in [5, 5.41) is 11.5. The van der Waals surface area contributed by atoms with Crippen molar-refractivity contribution in [1.82, 2.24) is 9.88 Å². The van der Waals surface area contributed by atoms with Gasteiger partial charge < -0.3 is 9.74 Å². The van der Waals surface area contributed by atoms with E-state index in [1.165, 1.54) is 17.3 Å². The molecule has 1 atom stereocenters. The van der Waals surface area contributed by atoms with Crippen LogP contribution in [0.1, 0.15) is 13.3 Å². The summed E-state index contributed by atoms with van der Waals surface area (Å²) in [6.45, 7) is 1.81. The van der Waals surface area contributed by atoms with E-state index in [-0.39, 0.29) is 28.9 Å². The van der Waals surface area contributed by atoms with Crippen molar-refractivity contribution in [3.8, 4) is 5.75 Å². The molecular formula is C22H23ClF3N5O2S. The molecule has 1 unspecified atom stereocenters. The number of halogens is 4. The van der Waals surface area contributed by atoms with Crippen LogP contribution in [0.15, 0.2) is 65.0 Å². The SMILES string of the molecule is CCN(C(=O)C(CSCCC(F)(F)F)=NOc1ccccc1)C(C=Nc1cccnc1)C(=N)Cl. The van der Waals surface area contributed by atoms with E-state index in [4.69, 9.17) is 21.8 Å². The van der Waals surface area contributed by atoms with Gasteiger partial charge in [0.15, 0.2) is 11.5 Å². The third-order valence-electron chi connectivity index (χ3n) is 4.23. The topological polar surface area (TPSA) is 91.0 Å². The Kier molecular flexibility index (Phi) is 11.0. The number of alkyl halides is 3. The van der Waals surface area contributed by atoms with Crippen LogP contribution in [0.25, 0.3) is 0 Å². The monoisotopic (exact) mass is 513 g/mol. The van der Waals surface area contributed by atoms with Crippen molar-refractivity contribution in [3.05, 3.63) is 54.9 Å². The zero-order valence-electron chi connectivity index (χ0n) is 18.2. The number of aromatic nitrogens is 1. The van der Waals surface area contributed by atoms with Crippen molar-refractivity contribution in [2.45, 2.75) is 25.6 Å². The zero-order valence-corrected chi connectivity index (χ0v) is 19.8. The van der Waals surface area contributed by atoms with Crippen LogP contribution in [0.2, 0.25) is 0 Å². The molecule has 0 radical (unpaired) electrons. The van der Waals surface area contributed by atoms with Gasteiger partial charge in [-0.1, -0.05) is 35.0 Å². The lowest BCUT2D eigenvalue weighted by Gasteiger charge is -2.27. The van der Waals surface area contributed by atoms with E-state index in [2.05, 4.69) is 15.1 Å². The van der Waals surface area contributed by atoms with Crippen LogP contribution in [0.5, 0.6) is 5.75 Å². The molecule has 0 bridgehead atoms. The first-order valence-corrected chi connectivity index (χ1v) is 11.7. The molecular weight excluding hydrogens is 491 g/mol. The van der Waals surface area contributed by atoms with Crippen LogP contribution < -0.4 is 4.84 Å². The number of benzene rings is 1. The van der Waals surface area contributed by atoms with Crippen molar-refractivity contribution in [2.75, 3.05) is 18.1 Å². The van der Waals surface area contributed by atoms with Gasteiger partial charge in [-0.25, -0.2) is 0 Å². The quantitative estimate of drug-likeness (QED) is 0.236. The molecule has 34 heavy (non-hydrogen) atoms. The largest absolute Gasteiger partial charge is 0.389 e. The standard InChI is InChI=1S/C22H23ClF3N5O2S/c1-2-31(19(20(23)27)14-29-16-7-6-11-28-13-16)21(32)18(15-34-12-10-22(24,25)26)30-33-17-8-4-3-5-9-17/h3-9,11,13-14,19,27H,2,10,12,15H2,1H3. The van der Waals surface area contributed by atoms with E-state index < -0.39 is 24.5 Å². The van der Waals surface area contributed by atoms with Crippen molar-refractivity contribution < 1.29 is 22.8 Å². The Balaban J connectivity index is 2.24. The van der Waals surface area contributed by atoms with E-state index in [1.54, 1.807) is 55.6 Å². The average molecular weight is 514 g/mol. The molecule has 1 N–H and O–H groups in total. The molecule has 0 saturated carbocycles. The molecule has 2 aromatic rings. The van der Waals surface area contributed by atoms with E-state index in [9.17, 15) is 18.0 Å². The van der Waals surface area contributed by atoms with Gasteiger partial charge in [-0.05, 0) is 31.2 Å². The predicted octanol–water partition coefficient (Wildman–Crippen LogP) is 5.34. The molecule has 0 spiro atoms. The first-order chi connectivity index (χ1) is 16.2. The van der Waals surface area contributed by atoms with Crippen molar-refractivity contribution >= 4 is 52.1 Å². The van der Waals surface area contributed by atoms with Gasteiger partial charge in [-0.15, -0.1) is 0 Å². The van der Waals surface area contributed by atoms with E-state index in [0.29, 0.717) is 11.4 Å². The summed E-state index contributed by atoms with van der Waals surface area (Å²) in [5.41, 5.74) is 0.383. The number of hydrogen-bond acceptors (Lipinski definition) is 7. The molecule has 7 nitrogen and oxygen atoms in total. The summed E-state index contributed by atoms with van der Waals surface area (Å²) in [7, 11) is 0. The Bertz CT molecular complexity index is 991. The smallest absolute Gasteiger partial charge is 0.357 e. The Morgan fingerprint density at radius 2 is 2.03 bits per heavy atom. The van der Waals surface area contributed by atoms with Crippen molar-refractivity contribution in [3.63, 3.8) is 0 Å². The molecule has 0 aliphatic rings. The van der Waals surface area contributed by atoms with Gasteiger partial charge in [0.05, 0.1) is 18.3 Å². The number of amides is 1. The van der Waals surface area contributed by atoms with E-state index >= 15 is 0 Å². The molecule has 0 saturated heterocycles. The van der Waals surface area contributed by atoms with Crippen molar-refractivity contribution in [1.29, 1.82) is 5.41 Å². The van der Waals surface area contributed by atoms with Crippen LogP contribution in [0.4, 0.5) is 18.9 Å². The van der Waals surface area contributed by atoms with E-state index in [1.807, 2.05) is 0 Å². The lowest BCUT2D eigenvalue weighted by Crippen LogP contribution is -2.48. The van der Waals surface area contributed by atoms with Gasteiger partial charge in [-0.2, -0.15) is 24.9 Å². The highest BCUT2D eigenvalue weighted by atomic mass is 35.5. The maximum Gasteiger partial charge on any atom is 0.389 e. The lowest BCUT2D eigenvalue weighted by molar-refractivity contribution is -0.129. The summed E-state index contributed by atoms with van der Waals surface area (Å²) in [6, 6.07) is 10.8. The predicted molar refractivity (Wildman–Crippen MR) is 130 cm³/mol. The highest BCUT2D eigenvalue weighted by Crippen LogP contribution is 2.22. The molecule has 0 aliphatic heterocycles. The molecule has 1 amide bonds. The Hall–Kier alpha value is -2.92. The maximum absolute atomic E-state index is 13.3. The van der Waals surface area contributed by atoms with E-state index in [0.717, 1.165) is 11.8 Å². The number of aliphatic imine (C=N–C) groups is 1. The van der Waals surface area contributed by atoms with Crippen molar-refractivity contribution in [2.24, 2.45) is 10.1 Å². The second kappa shape index (κ2) is 13.7. The molecule has 12 heteroatoms. The fourth-order valence-corrected chi connectivity index (χ4v) is 3.64. The molecule has 0 fully saturated rings. The maximum atomic E-state index is 13.3. The molecule has 1 heterocycles. The summed E-state index contributed by atoms with van der Waals surface area (Å²) in [6.07, 6.45) is -0.885. The number of carbonyl (C=O) groups excluding carboxylic acids is 1. The summed E-state index contributed by atoms with van der Waals surface area (Å²) in [5.74, 6) is -0.646. The van der Waals surface area contributed by atoms with Crippen LogP contribution >= 0.6 is 23.4 Å². The fourth-order valence-electron chi connectivity index (χ4n) is 2.57. The number of rotatable bonds is 12. The van der Waals surface area contributed by atoms with Gasteiger partial charge in [0, 0.05) is 30.5 Å².